The lowest BCUT2D eigenvalue weighted by Gasteiger charge is -2.35. The first-order chi connectivity index (χ1) is 33.0. The Balaban J connectivity index is 0.878. The minimum absolute atomic E-state index is 0.00724. The average molecular weight is 938 g/mol. The second-order valence-electron chi connectivity index (χ2n) is 25.3. The van der Waals surface area contributed by atoms with Crippen molar-refractivity contribution >= 4 is 0 Å². The van der Waals surface area contributed by atoms with E-state index in [1.54, 1.807) is 0 Å². The SMILES string of the molecule is CC1CCC(CCCCCCCCCC(CCCCCCCCCCC2CCC3OC3C2)(CCCCCCCCCC2CCCC(O)C2)CCCCCCCCCC2CCC3OC3C2)CCO1. The van der Waals surface area contributed by atoms with Gasteiger partial charge < -0.3 is 19.3 Å². The summed E-state index contributed by atoms with van der Waals surface area (Å²) in [5.74, 6) is 3.66. The molecule has 6 aliphatic rings. The topological polar surface area (TPSA) is 54.5 Å². The molecule has 4 heteroatoms. The zero-order valence-corrected chi connectivity index (χ0v) is 45.0. The number of unbranched alkanes of at least 4 members (excludes halogenated alkanes) is 25. The predicted octanol–water partition coefficient (Wildman–Crippen LogP) is 19.3. The van der Waals surface area contributed by atoms with E-state index in [1.165, 1.54) is 308 Å². The van der Waals surface area contributed by atoms with Crippen molar-refractivity contribution in [2.45, 2.75) is 365 Å². The fraction of sp³-hybridized carbons (Fsp3) is 1.00. The maximum absolute atomic E-state index is 10.1. The smallest absolute Gasteiger partial charge is 0.0844 e. The Bertz CT molecular complexity index is 1160. The average Bonchev–Trinajstić information content (AvgIpc) is 4.27. The van der Waals surface area contributed by atoms with Crippen molar-refractivity contribution < 1.29 is 19.3 Å². The Morgan fingerprint density at radius 2 is 0.701 bits per heavy atom. The molecule has 67 heavy (non-hydrogen) atoms. The molecule has 3 aliphatic carbocycles. The van der Waals surface area contributed by atoms with Crippen LogP contribution in [0.1, 0.15) is 328 Å². The van der Waals surface area contributed by atoms with E-state index in [-0.39, 0.29) is 6.10 Å². The van der Waals surface area contributed by atoms with Crippen LogP contribution < -0.4 is 0 Å². The number of epoxide rings is 2. The fourth-order valence-corrected chi connectivity index (χ4v) is 14.6. The first kappa shape index (κ1) is 56.1. The van der Waals surface area contributed by atoms with Gasteiger partial charge >= 0.3 is 0 Å². The quantitative estimate of drug-likeness (QED) is 0.0490. The van der Waals surface area contributed by atoms with E-state index < -0.39 is 0 Å². The van der Waals surface area contributed by atoms with E-state index in [9.17, 15) is 5.11 Å². The molecule has 0 aromatic rings. The van der Waals surface area contributed by atoms with Crippen molar-refractivity contribution in [1.82, 2.24) is 0 Å². The highest BCUT2D eigenvalue weighted by atomic mass is 16.6. The van der Waals surface area contributed by atoms with Crippen molar-refractivity contribution in [1.29, 1.82) is 0 Å². The van der Waals surface area contributed by atoms with Gasteiger partial charge in [0, 0.05) is 6.61 Å². The molecule has 6 rings (SSSR count). The van der Waals surface area contributed by atoms with Gasteiger partial charge in [-0.25, -0.2) is 0 Å². The van der Waals surface area contributed by atoms with Crippen molar-refractivity contribution in [3.05, 3.63) is 0 Å². The standard InChI is InChI=1S/C63H116O4/c1-53-38-39-54(44-49-65-53)32-23-15-8-4-12-20-28-46-63(47-29-21-13-5-9-16-24-33-55-36-31-37-58(64)50-55,48-30-22-14-6-10-18-26-35-57-41-43-60-62(52-57)67-60)45-27-19-11-3-2-7-17-25-34-56-40-42-59-61(51-56)66-59/h53-62,64H,2-52H2,1H3. The van der Waals surface area contributed by atoms with E-state index in [2.05, 4.69) is 6.92 Å². The lowest BCUT2D eigenvalue weighted by molar-refractivity contribution is 0.0709. The summed E-state index contributed by atoms with van der Waals surface area (Å²) in [5.41, 5.74) is 0.611. The summed E-state index contributed by atoms with van der Waals surface area (Å²) in [6, 6.07) is 0. The third kappa shape index (κ3) is 24.9. The number of rotatable bonds is 41. The number of ether oxygens (including phenoxy) is 3. The van der Waals surface area contributed by atoms with Gasteiger partial charge in [0.15, 0.2) is 0 Å². The monoisotopic (exact) mass is 937 g/mol. The summed E-state index contributed by atoms with van der Waals surface area (Å²) in [5, 5.41) is 10.1. The summed E-state index contributed by atoms with van der Waals surface area (Å²) in [7, 11) is 0. The van der Waals surface area contributed by atoms with Crippen molar-refractivity contribution in [3.8, 4) is 0 Å². The minimum Gasteiger partial charge on any atom is -0.393 e. The molecular formula is C63H116O4. The van der Waals surface area contributed by atoms with Crippen LogP contribution in [0.5, 0.6) is 0 Å². The lowest BCUT2D eigenvalue weighted by atomic mass is 9.70. The molecule has 0 spiro atoms. The van der Waals surface area contributed by atoms with Gasteiger partial charge in [-0.15, -0.1) is 0 Å². The molecule has 3 heterocycles. The van der Waals surface area contributed by atoms with Crippen molar-refractivity contribution in [2.24, 2.45) is 29.1 Å². The van der Waals surface area contributed by atoms with Gasteiger partial charge in [-0.1, -0.05) is 225 Å². The highest BCUT2D eigenvalue weighted by Gasteiger charge is 2.44. The molecule has 11 atom stereocenters. The predicted molar refractivity (Wildman–Crippen MR) is 286 cm³/mol. The highest BCUT2D eigenvalue weighted by Crippen LogP contribution is 2.44. The van der Waals surface area contributed by atoms with Crippen LogP contribution in [0.4, 0.5) is 0 Å². The molecule has 0 amide bonds. The first-order valence-corrected chi connectivity index (χ1v) is 31.6. The number of aliphatic hydroxyl groups excluding tert-OH is 1. The summed E-state index contributed by atoms with van der Waals surface area (Å²) in [4.78, 5) is 0. The van der Waals surface area contributed by atoms with Crippen LogP contribution in [0.15, 0.2) is 0 Å². The Kier molecular flexibility index (Phi) is 28.7. The molecule has 3 saturated carbocycles. The van der Waals surface area contributed by atoms with Crippen molar-refractivity contribution in [2.75, 3.05) is 6.61 Å². The summed E-state index contributed by atoms with van der Waals surface area (Å²) < 4.78 is 17.5. The zero-order valence-electron chi connectivity index (χ0n) is 45.0. The van der Waals surface area contributed by atoms with E-state index in [0.29, 0.717) is 35.9 Å². The molecule has 0 aromatic carbocycles. The molecule has 3 aliphatic heterocycles. The fourth-order valence-electron chi connectivity index (χ4n) is 14.6. The van der Waals surface area contributed by atoms with E-state index in [4.69, 9.17) is 14.2 Å². The normalized spacial score (nSPS) is 30.4. The molecular weight excluding hydrogens is 821 g/mol. The zero-order chi connectivity index (χ0) is 46.5. The van der Waals surface area contributed by atoms with Crippen LogP contribution in [0.25, 0.3) is 0 Å². The molecule has 392 valence electrons. The van der Waals surface area contributed by atoms with Crippen molar-refractivity contribution in [3.63, 3.8) is 0 Å². The van der Waals surface area contributed by atoms with Crippen LogP contribution in [0.3, 0.4) is 0 Å². The molecule has 6 fully saturated rings. The summed E-state index contributed by atoms with van der Waals surface area (Å²) >= 11 is 0. The largest absolute Gasteiger partial charge is 0.393 e. The van der Waals surface area contributed by atoms with Crippen LogP contribution in [-0.2, 0) is 14.2 Å². The van der Waals surface area contributed by atoms with Gasteiger partial charge in [-0.05, 0) is 132 Å². The Morgan fingerprint density at radius 1 is 0.343 bits per heavy atom. The van der Waals surface area contributed by atoms with Gasteiger partial charge in [0.05, 0.1) is 36.6 Å². The molecule has 0 aromatic heterocycles. The molecule has 0 bridgehead atoms. The molecule has 4 nitrogen and oxygen atoms in total. The summed E-state index contributed by atoms with van der Waals surface area (Å²) in [6.45, 7) is 3.26. The van der Waals surface area contributed by atoms with Crippen LogP contribution >= 0.6 is 0 Å². The lowest BCUT2D eigenvalue weighted by Crippen LogP contribution is -2.21. The molecule has 0 radical (unpaired) electrons. The van der Waals surface area contributed by atoms with Crippen LogP contribution in [0.2, 0.25) is 0 Å². The van der Waals surface area contributed by atoms with E-state index in [1.807, 2.05) is 0 Å². The maximum Gasteiger partial charge on any atom is 0.0844 e. The number of fused-ring (bicyclic) bond motifs is 2. The van der Waals surface area contributed by atoms with Gasteiger partial charge in [0.1, 0.15) is 0 Å². The summed E-state index contributed by atoms with van der Waals surface area (Å²) in [6.07, 6.45) is 74.4. The second kappa shape index (κ2) is 34.3. The van der Waals surface area contributed by atoms with Gasteiger partial charge in [-0.2, -0.15) is 0 Å². The van der Waals surface area contributed by atoms with Gasteiger partial charge in [0.2, 0.25) is 0 Å². The van der Waals surface area contributed by atoms with Gasteiger partial charge in [0.25, 0.3) is 0 Å². The molecule has 3 saturated heterocycles. The molecule has 11 unspecified atom stereocenters. The Labute approximate surface area is 417 Å². The highest BCUT2D eigenvalue weighted by molar-refractivity contribution is 4.92. The van der Waals surface area contributed by atoms with Crippen LogP contribution in [0, 0.1) is 29.1 Å². The second-order valence-corrected chi connectivity index (χ2v) is 25.3. The molecule has 1 N–H and O–H groups in total. The Hall–Kier alpha value is -0.160. The number of hydrogen-bond donors (Lipinski definition) is 1. The maximum atomic E-state index is 10.1. The third-order valence-electron chi connectivity index (χ3n) is 19.4. The minimum atomic E-state index is -0.00724. The first-order valence-electron chi connectivity index (χ1n) is 31.6. The Morgan fingerprint density at radius 3 is 1.10 bits per heavy atom. The van der Waals surface area contributed by atoms with E-state index >= 15 is 0 Å². The number of aliphatic hydroxyl groups is 1. The third-order valence-corrected chi connectivity index (χ3v) is 19.4. The number of hydrogen-bond acceptors (Lipinski definition) is 4. The van der Waals surface area contributed by atoms with Gasteiger partial charge in [-0.3, -0.25) is 0 Å². The van der Waals surface area contributed by atoms with E-state index in [0.717, 1.165) is 43.1 Å². The van der Waals surface area contributed by atoms with Crippen LogP contribution in [-0.4, -0.2) is 48.3 Å².